The molecule has 0 aliphatic carbocycles. The van der Waals surface area contributed by atoms with Gasteiger partial charge in [0, 0.05) is 18.4 Å². The molecule has 2 aromatic rings. The molecule has 0 bridgehead atoms. The van der Waals surface area contributed by atoms with Crippen molar-refractivity contribution in [2.24, 2.45) is 0 Å². The molecule has 0 radical (unpaired) electrons. The number of nitrogens with one attached hydrogen (secondary N) is 2. The highest BCUT2D eigenvalue weighted by Crippen LogP contribution is 2.28. The van der Waals surface area contributed by atoms with Crippen molar-refractivity contribution in [3.8, 4) is 0 Å². The minimum Gasteiger partial charge on any atom is -0.323 e. The van der Waals surface area contributed by atoms with E-state index < -0.39 is 0 Å². The van der Waals surface area contributed by atoms with Crippen LogP contribution < -0.4 is 15.5 Å². The summed E-state index contributed by atoms with van der Waals surface area (Å²) in [6.07, 6.45) is 3.63. The summed E-state index contributed by atoms with van der Waals surface area (Å²) in [4.78, 5) is 25.9. The number of hydrogen-bond donors (Lipinski definition) is 2. The first kappa shape index (κ1) is 16.2. The Morgan fingerprint density at radius 3 is 2.88 bits per heavy atom. The molecule has 0 unspecified atom stereocenters. The van der Waals surface area contributed by atoms with Crippen LogP contribution in [0.3, 0.4) is 0 Å². The molecule has 0 saturated heterocycles. The second kappa shape index (κ2) is 6.84. The molecule has 0 fully saturated rings. The Labute approximate surface area is 140 Å². The van der Waals surface area contributed by atoms with Crippen molar-refractivity contribution < 1.29 is 9.59 Å². The fraction of sp³-hybridized carbons (Fsp3) is 0.353. The van der Waals surface area contributed by atoms with Crippen LogP contribution in [-0.2, 0) is 9.59 Å². The van der Waals surface area contributed by atoms with Gasteiger partial charge < -0.3 is 10.6 Å². The number of rotatable bonds is 5. The van der Waals surface area contributed by atoms with Crippen LogP contribution in [0, 0.1) is 0 Å². The molecular formula is C17H21N5O2. The van der Waals surface area contributed by atoms with Crippen LogP contribution in [-0.4, -0.2) is 40.7 Å². The largest absolute Gasteiger partial charge is 0.323 e. The third kappa shape index (κ3) is 3.30. The highest BCUT2D eigenvalue weighted by atomic mass is 16.2. The van der Waals surface area contributed by atoms with E-state index >= 15 is 0 Å². The van der Waals surface area contributed by atoms with E-state index in [0.29, 0.717) is 5.69 Å². The molecule has 2 heterocycles. The van der Waals surface area contributed by atoms with Gasteiger partial charge in [0.25, 0.3) is 0 Å². The van der Waals surface area contributed by atoms with Crippen LogP contribution in [0.5, 0.6) is 0 Å². The topological polar surface area (TPSA) is 79.3 Å². The second-order valence-electron chi connectivity index (χ2n) is 5.94. The number of nitrogens with zero attached hydrogens (tertiary/aromatic N) is 3. The average molecular weight is 327 g/mol. The van der Waals surface area contributed by atoms with Crippen LogP contribution in [0.1, 0.15) is 19.9 Å². The summed E-state index contributed by atoms with van der Waals surface area (Å²) in [5, 5.41) is 10.2. The molecule has 1 aliphatic heterocycles. The molecule has 2 amide bonds. The molecule has 0 saturated carbocycles. The number of para-hydroxylation sites is 2. The summed E-state index contributed by atoms with van der Waals surface area (Å²) < 4.78 is 1.85. The first-order valence-electron chi connectivity index (χ1n) is 7.98. The van der Waals surface area contributed by atoms with E-state index in [9.17, 15) is 9.59 Å². The molecule has 1 aromatic heterocycles. The number of fused-ring (bicyclic) bond motifs is 1. The Morgan fingerprint density at radius 1 is 1.33 bits per heavy atom. The number of aromatic nitrogens is 2. The van der Waals surface area contributed by atoms with Gasteiger partial charge in [-0.3, -0.25) is 19.2 Å². The molecule has 24 heavy (non-hydrogen) atoms. The van der Waals surface area contributed by atoms with Gasteiger partial charge in [0.05, 0.1) is 24.0 Å². The maximum Gasteiger partial charge on any atom is 0.244 e. The molecule has 1 aromatic carbocycles. The standard InChI is InChI=1S/C17H21N5O2/c1-12(13(2)22-9-5-8-19-22)18-10-17(24)21-11-16(23)20-14-6-3-4-7-15(14)21/h3-9,12-13,18H,10-11H2,1-2H3,(H,20,23)/t12-,13+/m0/s1. The molecule has 1 aliphatic rings. The quantitative estimate of drug-likeness (QED) is 0.870. The minimum atomic E-state index is -0.181. The lowest BCUT2D eigenvalue weighted by Crippen LogP contribution is -2.47. The van der Waals surface area contributed by atoms with E-state index in [1.54, 1.807) is 12.3 Å². The fourth-order valence-electron chi connectivity index (χ4n) is 2.72. The van der Waals surface area contributed by atoms with Crippen LogP contribution >= 0.6 is 0 Å². The lowest BCUT2D eigenvalue weighted by molar-refractivity contribution is -0.121. The number of anilines is 2. The van der Waals surface area contributed by atoms with E-state index in [0.717, 1.165) is 5.69 Å². The van der Waals surface area contributed by atoms with Crippen LogP contribution in [0.2, 0.25) is 0 Å². The van der Waals surface area contributed by atoms with Crippen LogP contribution in [0.25, 0.3) is 0 Å². The van der Waals surface area contributed by atoms with Gasteiger partial charge in [-0.2, -0.15) is 5.10 Å². The monoisotopic (exact) mass is 327 g/mol. The molecule has 0 spiro atoms. The molecule has 2 atom stereocenters. The number of amides is 2. The first-order chi connectivity index (χ1) is 11.6. The van der Waals surface area contributed by atoms with E-state index in [2.05, 4.69) is 15.7 Å². The zero-order valence-corrected chi connectivity index (χ0v) is 13.8. The maximum absolute atomic E-state index is 12.6. The van der Waals surface area contributed by atoms with Crippen LogP contribution in [0.4, 0.5) is 11.4 Å². The summed E-state index contributed by atoms with van der Waals surface area (Å²) in [6.45, 7) is 4.25. The Balaban J connectivity index is 1.64. The van der Waals surface area contributed by atoms with Crippen LogP contribution in [0.15, 0.2) is 42.7 Å². The molecule has 7 heteroatoms. The molecule has 2 N–H and O–H groups in total. The lowest BCUT2D eigenvalue weighted by Gasteiger charge is -2.30. The van der Waals surface area contributed by atoms with Gasteiger partial charge in [-0.15, -0.1) is 0 Å². The van der Waals surface area contributed by atoms with Gasteiger partial charge in [-0.05, 0) is 32.0 Å². The summed E-state index contributed by atoms with van der Waals surface area (Å²) in [7, 11) is 0. The van der Waals surface area contributed by atoms with Crippen molar-refractivity contribution in [2.45, 2.75) is 25.9 Å². The predicted octanol–water partition coefficient (Wildman–Crippen LogP) is 1.41. The second-order valence-corrected chi connectivity index (χ2v) is 5.94. The smallest absolute Gasteiger partial charge is 0.244 e. The zero-order valence-electron chi connectivity index (χ0n) is 13.8. The zero-order chi connectivity index (χ0) is 17.1. The predicted molar refractivity (Wildman–Crippen MR) is 91.8 cm³/mol. The Morgan fingerprint density at radius 2 is 2.12 bits per heavy atom. The van der Waals surface area contributed by atoms with Crippen molar-refractivity contribution in [3.05, 3.63) is 42.7 Å². The van der Waals surface area contributed by atoms with Gasteiger partial charge in [-0.1, -0.05) is 12.1 Å². The minimum absolute atomic E-state index is 0.0423. The average Bonchev–Trinajstić information content (AvgIpc) is 3.12. The summed E-state index contributed by atoms with van der Waals surface area (Å²) in [5.74, 6) is -0.308. The Kier molecular flexibility index (Phi) is 4.61. The van der Waals surface area contributed by atoms with Gasteiger partial charge in [-0.25, -0.2) is 0 Å². The third-order valence-electron chi connectivity index (χ3n) is 4.31. The number of carbonyl (C=O) groups excluding carboxylic acids is 2. The van der Waals surface area contributed by atoms with Crippen molar-refractivity contribution in [3.63, 3.8) is 0 Å². The first-order valence-corrected chi connectivity index (χ1v) is 7.98. The number of hydrogen-bond acceptors (Lipinski definition) is 4. The number of benzene rings is 1. The van der Waals surface area contributed by atoms with Crippen molar-refractivity contribution in [1.29, 1.82) is 0 Å². The molecule has 7 nitrogen and oxygen atoms in total. The highest BCUT2D eigenvalue weighted by Gasteiger charge is 2.26. The van der Waals surface area contributed by atoms with Gasteiger partial charge in [0.15, 0.2) is 0 Å². The SMILES string of the molecule is C[C@H](NCC(=O)N1CC(=O)Nc2ccccc21)[C@@H](C)n1cccn1. The van der Waals surface area contributed by atoms with Gasteiger partial charge in [0.1, 0.15) is 6.54 Å². The molecule has 126 valence electrons. The molecule has 3 rings (SSSR count). The Bertz CT molecular complexity index is 728. The Hall–Kier alpha value is -2.67. The normalized spacial score (nSPS) is 16.2. The van der Waals surface area contributed by atoms with Crippen molar-refractivity contribution in [1.82, 2.24) is 15.1 Å². The van der Waals surface area contributed by atoms with Crippen molar-refractivity contribution >= 4 is 23.2 Å². The summed E-state index contributed by atoms with van der Waals surface area (Å²) in [6, 6.07) is 9.36. The van der Waals surface area contributed by atoms with E-state index in [4.69, 9.17) is 0 Å². The molecular weight excluding hydrogens is 306 g/mol. The third-order valence-corrected chi connectivity index (χ3v) is 4.31. The lowest BCUT2D eigenvalue weighted by atomic mass is 10.1. The van der Waals surface area contributed by atoms with Gasteiger partial charge >= 0.3 is 0 Å². The maximum atomic E-state index is 12.6. The highest BCUT2D eigenvalue weighted by molar-refractivity contribution is 6.10. The fourth-order valence-corrected chi connectivity index (χ4v) is 2.72. The number of carbonyl (C=O) groups is 2. The van der Waals surface area contributed by atoms with E-state index in [1.807, 2.05) is 49.0 Å². The van der Waals surface area contributed by atoms with E-state index in [-0.39, 0.29) is 37.0 Å². The van der Waals surface area contributed by atoms with Crippen molar-refractivity contribution in [2.75, 3.05) is 23.3 Å². The summed E-state index contributed by atoms with van der Waals surface area (Å²) in [5.41, 5.74) is 1.40. The van der Waals surface area contributed by atoms with Gasteiger partial charge in [0.2, 0.25) is 11.8 Å². The van der Waals surface area contributed by atoms with E-state index in [1.165, 1.54) is 4.90 Å². The summed E-state index contributed by atoms with van der Waals surface area (Å²) >= 11 is 0.